The number of aliphatic imine (C=N–C) groups is 2. The van der Waals surface area contributed by atoms with Gasteiger partial charge in [0, 0.05) is 43.9 Å². The lowest BCUT2D eigenvalue weighted by atomic mass is 9.92. The molecule has 1 atom stereocenters. The van der Waals surface area contributed by atoms with E-state index in [9.17, 15) is 0 Å². The Hall–Kier alpha value is -9.06. The molecule has 3 heterocycles. The van der Waals surface area contributed by atoms with Crippen molar-refractivity contribution in [3.63, 3.8) is 0 Å². The number of fused-ring (bicyclic) bond motifs is 7. The average molecular weight is 872 g/mol. The Morgan fingerprint density at radius 2 is 1.07 bits per heavy atom. The summed E-state index contributed by atoms with van der Waals surface area (Å²) < 4.78 is 4.95. The quantitative estimate of drug-likeness (QED) is 0.137. The Bertz CT molecular complexity index is 3740. The molecule has 2 aromatic heterocycles. The van der Waals surface area contributed by atoms with Gasteiger partial charge in [0.25, 0.3) is 0 Å². The molecule has 1 N–H and O–H groups in total. The minimum atomic E-state index is -0.368. The monoisotopic (exact) mass is 871 g/mol. The predicted molar refractivity (Wildman–Crippen MR) is 286 cm³/mol. The second-order valence-electron chi connectivity index (χ2n) is 17.0. The number of nitrogens with one attached hydrogen (secondary N) is 1. The maximum Gasteiger partial charge on any atom is 0.152 e. The molecule has 0 bridgehead atoms. The normalized spacial score (nSPS) is 14.1. The Morgan fingerprint density at radius 1 is 0.515 bits per heavy atom. The second kappa shape index (κ2) is 17.4. The lowest BCUT2D eigenvalue weighted by Crippen LogP contribution is -2.33. The SMILES string of the molecule is C=C/C(=C\C=C\C1=NC(c2ccccc2)NC(c2cc(-c3ccccc3)c(-n3c4ccccc4c4ccc5c(c6ccccc6n5-c5ccccc5)c43)c(-c3ccccc3)c2)=N1)c1ccccc1. The molecule has 322 valence electrons. The van der Waals surface area contributed by atoms with Gasteiger partial charge in [0.1, 0.15) is 12.0 Å². The van der Waals surface area contributed by atoms with Crippen LogP contribution in [0.25, 0.3) is 82.8 Å². The number of aromatic nitrogens is 2. The lowest BCUT2D eigenvalue weighted by Gasteiger charge is -2.25. The van der Waals surface area contributed by atoms with Crippen LogP contribution in [0, 0.1) is 0 Å². The van der Waals surface area contributed by atoms with E-state index in [-0.39, 0.29) is 6.17 Å². The van der Waals surface area contributed by atoms with Crippen LogP contribution in [-0.2, 0) is 0 Å². The first-order valence-electron chi connectivity index (χ1n) is 23.1. The van der Waals surface area contributed by atoms with E-state index in [0.717, 1.165) is 83.8 Å². The summed E-state index contributed by atoms with van der Waals surface area (Å²) in [7, 11) is 0. The van der Waals surface area contributed by atoms with Gasteiger partial charge in [0.05, 0.1) is 27.8 Å². The highest BCUT2D eigenvalue weighted by Crippen LogP contribution is 2.46. The van der Waals surface area contributed by atoms with Crippen LogP contribution >= 0.6 is 0 Å². The van der Waals surface area contributed by atoms with Crippen molar-refractivity contribution < 1.29 is 0 Å². The van der Waals surface area contributed by atoms with Crippen LogP contribution in [0.2, 0.25) is 0 Å². The van der Waals surface area contributed by atoms with E-state index in [2.05, 4.69) is 227 Å². The van der Waals surface area contributed by atoms with Crippen molar-refractivity contribution in [1.82, 2.24) is 14.5 Å². The van der Waals surface area contributed by atoms with Crippen LogP contribution in [0.3, 0.4) is 0 Å². The fraction of sp³-hybridized carbons (Fsp3) is 0.0159. The van der Waals surface area contributed by atoms with Crippen molar-refractivity contribution in [2.45, 2.75) is 6.17 Å². The van der Waals surface area contributed by atoms with Gasteiger partial charge in [-0.25, -0.2) is 9.98 Å². The number of benzene rings is 9. The van der Waals surface area contributed by atoms with E-state index >= 15 is 0 Å². The highest BCUT2D eigenvalue weighted by atomic mass is 15.2. The third-order valence-corrected chi connectivity index (χ3v) is 13.0. The molecule has 9 aromatic carbocycles. The maximum atomic E-state index is 5.30. The van der Waals surface area contributed by atoms with Crippen LogP contribution < -0.4 is 5.32 Å². The number of para-hydroxylation sites is 3. The summed E-state index contributed by atoms with van der Waals surface area (Å²) in [5.41, 5.74) is 15.3. The van der Waals surface area contributed by atoms with Gasteiger partial charge < -0.3 is 14.5 Å². The molecule has 68 heavy (non-hydrogen) atoms. The summed E-state index contributed by atoms with van der Waals surface area (Å²) in [6.07, 6.45) is 7.58. The van der Waals surface area contributed by atoms with Gasteiger partial charge in [-0.1, -0.05) is 207 Å². The Labute approximate surface area is 395 Å². The minimum absolute atomic E-state index is 0.368. The molecule has 0 saturated heterocycles. The summed E-state index contributed by atoms with van der Waals surface area (Å²) in [5, 5.41) is 8.57. The summed E-state index contributed by atoms with van der Waals surface area (Å²) in [6, 6.07) is 79.9. The number of amidine groups is 2. The molecule has 0 fully saturated rings. The molecule has 11 aromatic rings. The van der Waals surface area contributed by atoms with E-state index in [1.165, 1.54) is 21.5 Å². The van der Waals surface area contributed by atoms with Crippen LogP contribution in [0.4, 0.5) is 0 Å². The fourth-order valence-corrected chi connectivity index (χ4v) is 9.93. The fourth-order valence-electron chi connectivity index (χ4n) is 9.93. The third kappa shape index (κ3) is 7.14. The van der Waals surface area contributed by atoms with Gasteiger partial charge in [0.2, 0.25) is 0 Å². The van der Waals surface area contributed by atoms with Crippen molar-refractivity contribution in [1.29, 1.82) is 0 Å². The zero-order chi connectivity index (χ0) is 45.4. The molecule has 5 nitrogen and oxygen atoms in total. The van der Waals surface area contributed by atoms with Crippen molar-refractivity contribution in [3.8, 4) is 33.6 Å². The van der Waals surface area contributed by atoms with E-state index in [4.69, 9.17) is 9.98 Å². The zero-order valence-corrected chi connectivity index (χ0v) is 37.2. The molecular weight excluding hydrogens is 827 g/mol. The van der Waals surface area contributed by atoms with Gasteiger partial charge in [-0.2, -0.15) is 0 Å². The summed E-state index contributed by atoms with van der Waals surface area (Å²) in [4.78, 5) is 10.5. The standard InChI is InChI=1S/C63H45N5/c1-2-43(44-23-8-3-9-24-44)31-22-38-58-64-62(47-29-14-6-15-30-47)66-63(65-58)48-41-53(45-25-10-4-11-26-45)60(54(42-48)46-27-12-5-13-28-46)68-55-36-20-18-34-50(55)51-39-40-57-59(61(51)68)52-35-19-21-37-56(52)67(57)49-32-16-7-17-33-49/h2-42,62H,1H2,(H,64,65,66)/b38-22+,43-31+. The number of hydrogen-bond donors (Lipinski definition) is 1. The maximum absolute atomic E-state index is 5.30. The van der Waals surface area contributed by atoms with Crippen molar-refractivity contribution in [3.05, 3.63) is 272 Å². The van der Waals surface area contributed by atoms with Crippen LogP contribution in [0.1, 0.15) is 22.9 Å². The zero-order valence-electron chi connectivity index (χ0n) is 37.2. The lowest BCUT2D eigenvalue weighted by molar-refractivity contribution is 0.675. The van der Waals surface area contributed by atoms with Gasteiger partial charge >= 0.3 is 0 Å². The molecule has 5 heteroatoms. The summed E-state index contributed by atoms with van der Waals surface area (Å²) in [5.74, 6) is 1.35. The van der Waals surface area contributed by atoms with E-state index < -0.39 is 0 Å². The highest BCUT2D eigenvalue weighted by Gasteiger charge is 2.27. The average Bonchev–Trinajstić information content (AvgIpc) is 3.93. The van der Waals surface area contributed by atoms with Crippen molar-refractivity contribution in [2.24, 2.45) is 9.98 Å². The summed E-state index contributed by atoms with van der Waals surface area (Å²) >= 11 is 0. The third-order valence-electron chi connectivity index (χ3n) is 13.0. The first kappa shape index (κ1) is 40.4. The highest BCUT2D eigenvalue weighted by molar-refractivity contribution is 6.26. The first-order chi connectivity index (χ1) is 33.7. The van der Waals surface area contributed by atoms with Gasteiger partial charge in [-0.05, 0) is 76.4 Å². The molecule has 1 aliphatic heterocycles. The van der Waals surface area contributed by atoms with Crippen molar-refractivity contribution >= 4 is 60.9 Å². The smallest absolute Gasteiger partial charge is 0.152 e. The van der Waals surface area contributed by atoms with Crippen LogP contribution in [0.15, 0.2) is 265 Å². The topological polar surface area (TPSA) is 46.6 Å². The summed E-state index contributed by atoms with van der Waals surface area (Å²) in [6.45, 7) is 4.10. The van der Waals surface area contributed by atoms with E-state index in [1.807, 2.05) is 42.5 Å². The van der Waals surface area contributed by atoms with E-state index in [0.29, 0.717) is 5.84 Å². The second-order valence-corrected chi connectivity index (χ2v) is 17.0. The van der Waals surface area contributed by atoms with Gasteiger partial charge in [-0.15, -0.1) is 0 Å². The largest absolute Gasteiger partial charge is 0.344 e. The first-order valence-corrected chi connectivity index (χ1v) is 23.1. The van der Waals surface area contributed by atoms with E-state index in [1.54, 1.807) is 0 Å². The Kier molecular flexibility index (Phi) is 10.3. The number of hydrogen-bond acceptors (Lipinski definition) is 3. The van der Waals surface area contributed by atoms with Crippen molar-refractivity contribution in [2.75, 3.05) is 0 Å². The number of nitrogens with zero attached hydrogens (tertiary/aromatic N) is 4. The molecule has 0 radical (unpaired) electrons. The Balaban J connectivity index is 1.15. The number of rotatable bonds is 10. The van der Waals surface area contributed by atoms with Gasteiger partial charge in [0.15, 0.2) is 5.84 Å². The van der Waals surface area contributed by atoms with Gasteiger partial charge in [-0.3, -0.25) is 0 Å². The number of allylic oxidation sites excluding steroid dienone is 4. The van der Waals surface area contributed by atoms with Crippen LogP contribution in [-0.4, -0.2) is 20.8 Å². The molecule has 0 amide bonds. The minimum Gasteiger partial charge on any atom is -0.344 e. The molecule has 1 unspecified atom stereocenters. The molecule has 0 spiro atoms. The predicted octanol–water partition coefficient (Wildman–Crippen LogP) is 15.5. The molecule has 12 rings (SSSR count). The Morgan fingerprint density at radius 3 is 1.72 bits per heavy atom. The molecule has 0 aliphatic carbocycles. The molecule has 1 aliphatic rings. The van der Waals surface area contributed by atoms with Crippen LogP contribution in [0.5, 0.6) is 0 Å². The molecule has 0 saturated carbocycles. The molecular formula is C63H45N5.